The van der Waals surface area contributed by atoms with E-state index in [9.17, 15) is 18.0 Å². The number of halogens is 3. The molecule has 21 heavy (non-hydrogen) atoms. The minimum atomic E-state index is -4.78. The maximum absolute atomic E-state index is 12.3. The number of carbonyl (C=O) groups is 1. The highest BCUT2D eigenvalue weighted by Crippen LogP contribution is 2.26. The van der Waals surface area contributed by atoms with E-state index in [2.05, 4.69) is 15.0 Å². The van der Waals surface area contributed by atoms with E-state index in [-0.39, 0.29) is 23.6 Å². The molecule has 5 nitrogen and oxygen atoms in total. The summed E-state index contributed by atoms with van der Waals surface area (Å²) in [6, 6.07) is 7.01. The number of nitrogens with one attached hydrogen (secondary N) is 2. The second-order valence-corrected chi connectivity index (χ2v) is 4.18. The summed E-state index contributed by atoms with van der Waals surface area (Å²) in [5.74, 6) is -0.829. The van der Waals surface area contributed by atoms with Gasteiger partial charge in [-0.1, -0.05) is 18.2 Å². The highest BCUT2D eigenvalue weighted by Gasteiger charge is 2.31. The lowest BCUT2D eigenvalue weighted by atomic mass is 10.2. The fourth-order valence-electron chi connectivity index (χ4n) is 1.69. The summed E-state index contributed by atoms with van der Waals surface area (Å²) < 4.78 is 40.7. The number of H-pyrrole nitrogens is 1. The van der Waals surface area contributed by atoms with Crippen LogP contribution in [0, 0.1) is 0 Å². The standard InChI is InChI=1S/C13H12F3N3O2/c14-13(15,16)21-11-4-2-1-3-8(11)6-19-12(20)10-5-9(17)7-18-10/h1-5,7,18H,6,17H2,(H,19,20). The van der Waals surface area contributed by atoms with Gasteiger partial charge in [0, 0.05) is 24.0 Å². The minimum absolute atomic E-state index is 0.107. The van der Waals surface area contributed by atoms with Crippen LogP contribution < -0.4 is 15.8 Å². The third-order valence-electron chi connectivity index (χ3n) is 2.59. The first-order chi connectivity index (χ1) is 9.85. The lowest BCUT2D eigenvalue weighted by Crippen LogP contribution is -2.24. The predicted molar refractivity (Wildman–Crippen MR) is 69.5 cm³/mol. The molecule has 1 aromatic heterocycles. The summed E-state index contributed by atoms with van der Waals surface area (Å²) in [4.78, 5) is 14.4. The van der Waals surface area contributed by atoms with Gasteiger partial charge in [-0.15, -0.1) is 13.2 Å². The largest absolute Gasteiger partial charge is 0.573 e. The Morgan fingerprint density at radius 1 is 1.33 bits per heavy atom. The molecule has 1 aromatic carbocycles. The number of benzene rings is 1. The molecule has 1 heterocycles. The average molecular weight is 299 g/mol. The molecule has 0 fully saturated rings. The molecule has 0 aliphatic carbocycles. The first-order valence-corrected chi connectivity index (χ1v) is 5.91. The van der Waals surface area contributed by atoms with E-state index in [4.69, 9.17) is 5.73 Å². The lowest BCUT2D eigenvalue weighted by Gasteiger charge is -2.13. The number of hydrogen-bond donors (Lipinski definition) is 3. The van der Waals surface area contributed by atoms with Gasteiger partial charge < -0.3 is 20.8 Å². The number of para-hydroxylation sites is 1. The monoisotopic (exact) mass is 299 g/mol. The fourth-order valence-corrected chi connectivity index (χ4v) is 1.69. The Kier molecular flexibility index (Phi) is 4.06. The van der Waals surface area contributed by atoms with Crippen LogP contribution in [0.2, 0.25) is 0 Å². The molecule has 0 bridgehead atoms. The summed E-state index contributed by atoms with van der Waals surface area (Å²) in [5.41, 5.74) is 6.29. The number of aromatic nitrogens is 1. The Labute approximate surface area is 117 Å². The third-order valence-corrected chi connectivity index (χ3v) is 2.59. The number of nitrogens with two attached hydrogens (primary N) is 1. The van der Waals surface area contributed by atoms with E-state index in [1.165, 1.54) is 30.5 Å². The zero-order chi connectivity index (χ0) is 15.5. The summed E-state index contributed by atoms with van der Waals surface area (Å²) in [6.45, 7) is -0.107. The first-order valence-electron chi connectivity index (χ1n) is 5.91. The second kappa shape index (κ2) is 5.78. The minimum Gasteiger partial charge on any atom is -0.405 e. The van der Waals surface area contributed by atoms with E-state index in [1.54, 1.807) is 6.07 Å². The maximum Gasteiger partial charge on any atom is 0.573 e. The van der Waals surface area contributed by atoms with Crippen LogP contribution in [0.1, 0.15) is 16.1 Å². The van der Waals surface area contributed by atoms with Crippen molar-refractivity contribution in [1.29, 1.82) is 0 Å². The van der Waals surface area contributed by atoms with Crippen molar-refractivity contribution in [1.82, 2.24) is 10.3 Å². The number of anilines is 1. The number of hydrogen-bond acceptors (Lipinski definition) is 3. The Morgan fingerprint density at radius 2 is 2.05 bits per heavy atom. The summed E-state index contributed by atoms with van der Waals surface area (Å²) in [7, 11) is 0. The Morgan fingerprint density at radius 3 is 2.67 bits per heavy atom. The molecule has 0 aliphatic rings. The van der Waals surface area contributed by atoms with Crippen molar-refractivity contribution in [3.8, 4) is 5.75 Å². The number of ether oxygens (including phenoxy) is 1. The van der Waals surface area contributed by atoms with Gasteiger partial charge in [0.15, 0.2) is 0 Å². The normalized spacial score (nSPS) is 11.2. The molecule has 2 aromatic rings. The van der Waals surface area contributed by atoms with Crippen LogP contribution in [-0.2, 0) is 6.54 Å². The molecule has 0 aliphatic heterocycles. The van der Waals surface area contributed by atoms with Crippen LogP contribution in [0.15, 0.2) is 36.5 Å². The zero-order valence-corrected chi connectivity index (χ0v) is 10.7. The molecular formula is C13H12F3N3O2. The van der Waals surface area contributed by atoms with Crippen molar-refractivity contribution in [2.75, 3.05) is 5.73 Å². The number of aromatic amines is 1. The molecule has 0 atom stereocenters. The van der Waals surface area contributed by atoms with E-state index < -0.39 is 12.3 Å². The predicted octanol–water partition coefficient (Wildman–Crippen LogP) is 2.43. The molecule has 4 N–H and O–H groups in total. The average Bonchev–Trinajstić information content (AvgIpc) is 2.82. The lowest BCUT2D eigenvalue weighted by molar-refractivity contribution is -0.274. The SMILES string of the molecule is Nc1c[nH]c(C(=O)NCc2ccccc2OC(F)(F)F)c1. The Balaban J connectivity index is 2.05. The quantitative estimate of drug-likeness (QED) is 0.811. The number of amides is 1. The van der Waals surface area contributed by atoms with Crippen molar-refractivity contribution in [2.24, 2.45) is 0 Å². The van der Waals surface area contributed by atoms with Gasteiger partial charge >= 0.3 is 6.36 Å². The number of nitrogen functional groups attached to an aromatic ring is 1. The van der Waals surface area contributed by atoms with Gasteiger partial charge in [-0.3, -0.25) is 4.79 Å². The molecule has 112 valence electrons. The van der Waals surface area contributed by atoms with Crippen LogP contribution in [0.25, 0.3) is 0 Å². The van der Waals surface area contributed by atoms with Crippen LogP contribution in [0.5, 0.6) is 5.75 Å². The molecule has 0 spiro atoms. The van der Waals surface area contributed by atoms with Crippen LogP contribution >= 0.6 is 0 Å². The number of rotatable bonds is 4. The number of carbonyl (C=O) groups excluding carboxylic acids is 1. The van der Waals surface area contributed by atoms with Crippen molar-refractivity contribution in [3.63, 3.8) is 0 Å². The van der Waals surface area contributed by atoms with Crippen LogP contribution in [-0.4, -0.2) is 17.3 Å². The third kappa shape index (κ3) is 4.16. The Bertz CT molecular complexity index is 638. The van der Waals surface area contributed by atoms with Gasteiger partial charge in [0.25, 0.3) is 5.91 Å². The van der Waals surface area contributed by atoms with Crippen molar-refractivity contribution in [3.05, 3.63) is 47.8 Å². The first kappa shape index (κ1) is 14.8. The summed E-state index contributed by atoms with van der Waals surface area (Å²) in [5, 5.41) is 2.48. The van der Waals surface area contributed by atoms with Crippen molar-refractivity contribution >= 4 is 11.6 Å². The van der Waals surface area contributed by atoms with E-state index in [0.717, 1.165) is 0 Å². The zero-order valence-electron chi connectivity index (χ0n) is 10.7. The number of alkyl halides is 3. The van der Waals surface area contributed by atoms with E-state index in [1.807, 2.05) is 0 Å². The molecule has 0 saturated heterocycles. The van der Waals surface area contributed by atoms with Gasteiger partial charge in [0.2, 0.25) is 0 Å². The fraction of sp³-hybridized carbons (Fsp3) is 0.154. The van der Waals surface area contributed by atoms with E-state index >= 15 is 0 Å². The topological polar surface area (TPSA) is 80.1 Å². The van der Waals surface area contributed by atoms with Gasteiger partial charge in [-0.25, -0.2) is 0 Å². The molecule has 8 heteroatoms. The highest BCUT2D eigenvalue weighted by molar-refractivity contribution is 5.93. The maximum atomic E-state index is 12.3. The van der Waals surface area contributed by atoms with Crippen LogP contribution in [0.4, 0.5) is 18.9 Å². The van der Waals surface area contributed by atoms with Gasteiger partial charge in [-0.2, -0.15) is 0 Å². The molecule has 2 rings (SSSR count). The van der Waals surface area contributed by atoms with E-state index in [0.29, 0.717) is 5.69 Å². The molecular weight excluding hydrogens is 287 g/mol. The van der Waals surface area contributed by atoms with Gasteiger partial charge in [-0.05, 0) is 12.1 Å². The highest BCUT2D eigenvalue weighted by atomic mass is 19.4. The second-order valence-electron chi connectivity index (χ2n) is 4.18. The molecule has 0 radical (unpaired) electrons. The summed E-state index contributed by atoms with van der Waals surface area (Å²) in [6.07, 6.45) is -3.34. The van der Waals surface area contributed by atoms with Gasteiger partial charge in [0.1, 0.15) is 11.4 Å². The van der Waals surface area contributed by atoms with Crippen molar-refractivity contribution < 1.29 is 22.7 Å². The summed E-state index contributed by atoms with van der Waals surface area (Å²) >= 11 is 0. The molecule has 1 amide bonds. The smallest absolute Gasteiger partial charge is 0.405 e. The molecule has 0 saturated carbocycles. The Hall–Kier alpha value is -2.64. The van der Waals surface area contributed by atoms with Crippen molar-refractivity contribution in [2.45, 2.75) is 12.9 Å². The van der Waals surface area contributed by atoms with Crippen LogP contribution in [0.3, 0.4) is 0 Å². The molecule has 0 unspecified atom stereocenters. The van der Waals surface area contributed by atoms with Gasteiger partial charge in [0.05, 0.1) is 0 Å².